The Morgan fingerprint density at radius 2 is 2.17 bits per heavy atom. The van der Waals surface area contributed by atoms with Gasteiger partial charge in [-0.15, -0.1) is 11.3 Å². The number of aliphatic hydroxyl groups excluding tert-OH is 1. The van der Waals surface area contributed by atoms with Gasteiger partial charge in [-0.3, -0.25) is 4.90 Å². The van der Waals surface area contributed by atoms with Gasteiger partial charge < -0.3 is 5.11 Å². The fraction of sp³-hybridized carbons (Fsp3) is 0.786. The Hall–Kier alpha value is -0.450. The van der Waals surface area contributed by atoms with Crippen LogP contribution in [0, 0.1) is 0 Å². The second-order valence-corrected chi connectivity index (χ2v) is 6.38. The van der Waals surface area contributed by atoms with Crippen LogP contribution in [0.3, 0.4) is 0 Å². The molecule has 1 aliphatic rings. The van der Waals surface area contributed by atoms with Crippen molar-refractivity contribution in [1.29, 1.82) is 0 Å². The molecule has 18 heavy (non-hydrogen) atoms. The normalized spacial score (nSPS) is 22.6. The van der Waals surface area contributed by atoms with E-state index in [9.17, 15) is 5.11 Å². The minimum atomic E-state index is -0.327. The Labute approximate surface area is 114 Å². The van der Waals surface area contributed by atoms with Crippen LogP contribution in [0.5, 0.6) is 0 Å². The zero-order valence-corrected chi connectivity index (χ0v) is 12.2. The fourth-order valence-corrected chi connectivity index (χ4v) is 3.47. The second kappa shape index (κ2) is 6.13. The number of thiazole rings is 1. The minimum Gasteiger partial charge on any atom is -0.391 e. The first-order valence-electron chi connectivity index (χ1n) is 6.98. The molecule has 0 saturated carbocycles. The maximum absolute atomic E-state index is 10.6. The van der Waals surface area contributed by atoms with E-state index in [1.807, 2.05) is 11.6 Å². The largest absolute Gasteiger partial charge is 0.391 e. The van der Waals surface area contributed by atoms with Crippen molar-refractivity contribution in [2.24, 2.45) is 0 Å². The Balaban J connectivity index is 2.04. The molecule has 0 amide bonds. The van der Waals surface area contributed by atoms with Crippen LogP contribution < -0.4 is 0 Å². The van der Waals surface area contributed by atoms with Crippen molar-refractivity contribution in [2.75, 3.05) is 13.1 Å². The van der Waals surface area contributed by atoms with E-state index in [1.54, 1.807) is 11.3 Å². The summed E-state index contributed by atoms with van der Waals surface area (Å²) in [5, 5.41) is 13.6. The lowest BCUT2D eigenvalue weighted by Crippen LogP contribution is -2.56. The molecule has 1 aromatic heterocycles. The van der Waals surface area contributed by atoms with Crippen LogP contribution in [-0.2, 0) is 6.42 Å². The third kappa shape index (κ3) is 2.92. The van der Waals surface area contributed by atoms with Gasteiger partial charge in [0.15, 0.2) is 0 Å². The molecule has 0 aliphatic carbocycles. The van der Waals surface area contributed by atoms with Crippen LogP contribution in [-0.4, -0.2) is 39.7 Å². The van der Waals surface area contributed by atoms with Gasteiger partial charge in [-0.05, 0) is 39.3 Å². The molecule has 1 aliphatic heterocycles. The molecular formula is C14H24N2OS. The first-order valence-corrected chi connectivity index (χ1v) is 7.86. The van der Waals surface area contributed by atoms with Gasteiger partial charge in [0.1, 0.15) is 0 Å². The highest BCUT2D eigenvalue weighted by Gasteiger charge is 2.38. The molecule has 0 aromatic carbocycles. The average molecular weight is 268 g/mol. The molecule has 1 fully saturated rings. The van der Waals surface area contributed by atoms with Gasteiger partial charge in [0, 0.05) is 23.5 Å². The number of piperidine rings is 1. The molecule has 0 radical (unpaired) electrons. The summed E-state index contributed by atoms with van der Waals surface area (Å²) in [7, 11) is 0. The molecule has 2 unspecified atom stereocenters. The monoisotopic (exact) mass is 268 g/mol. The lowest BCUT2D eigenvalue weighted by Gasteiger charge is -2.46. The van der Waals surface area contributed by atoms with Gasteiger partial charge in [0.05, 0.1) is 11.1 Å². The predicted octanol–water partition coefficient (Wildman–Crippen LogP) is 2.70. The van der Waals surface area contributed by atoms with Gasteiger partial charge in [-0.25, -0.2) is 4.98 Å². The van der Waals surface area contributed by atoms with Crippen LogP contribution in [0.1, 0.15) is 44.5 Å². The Bertz CT molecular complexity index is 349. The van der Waals surface area contributed by atoms with Crippen molar-refractivity contribution in [3.8, 4) is 0 Å². The summed E-state index contributed by atoms with van der Waals surface area (Å²) >= 11 is 1.63. The molecule has 2 rings (SSSR count). The fourth-order valence-electron chi connectivity index (χ4n) is 2.81. The second-order valence-electron chi connectivity index (χ2n) is 5.40. The number of hydrogen-bond acceptors (Lipinski definition) is 4. The molecule has 1 saturated heterocycles. The van der Waals surface area contributed by atoms with Gasteiger partial charge in [-0.2, -0.15) is 0 Å². The zero-order chi connectivity index (χ0) is 13.0. The average Bonchev–Trinajstić information content (AvgIpc) is 2.91. The van der Waals surface area contributed by atoms with E-state index in [1.165, 1.54) is 19.3 Å². The molecule has 2 heterocycles. The highest BCUT2D eigenvalue weighted by Crippen LogP contribution is 2.29. The summed E-state index contributed by atoms with van der Waals surface area (Å²) in [6.45, 7) is 6.63. The van der Waals surface area contributed by atoms with E-state index in [0.29, 0.717) is 6.42 Å². The van der Waals surface area contributed by atoms with Crippen LogP contribution in [0.2, 0.25) is 0 Å². The van der Waals surface area contributed by atoms with Crippen molar-refractivity contribution >= 4 is 11.3 Å². The number of likely N-dealkylation sites (tertiary alicyclic amines) is 1. The molecule has 1 aromatic rings. The zero-order valence-electron chi connectivity index (χ0n) is 11.4. The Morgan fingerprint density at radius 1 is 1.44 bits per heavy atom. The molecule has 0 spiro atoms. The molecule has 4 heteroatoms. The summed E-state index contributed by atoms with van der Waals surface area (Å²) < 4.78 is 0. The third-order valence-electron chi connectivity index (χ3n) is 4.36. The van der Waals surface area contributed by atoms with Crippen molar-refractivity contribution in [2.45, 2.75) is 57.6 Å². The van der Waals surface area contributed by atoms with Gasteiger partial charge in [0.2, 0.25) is 0 Å². The summed E-state index contributed by atoms with van der Waals surface area (Å²) in [5.74, 6) is 0. The molecule has 1 N–H and O–H groups in total. The van der Waals surface area contributed by atoms with E-state index in [0.717, 1.165) is 24.5 Å². The van der Waals surface area contributed by atoms with Crippen LogP contribution in [0.15, 0.2) is 11.6 Å². The quantitative estimate of drug-likeness (QED) is 0.892. The van der Waals surface area contributed by atoms with E-state index >= 15 is 0 Å². The summed E-state index contributed by atoms with van der Waals surface area (Å²) in [6.07, 6.45) is 7.01. The smallest absolute Gasteiger partial charge is 0.0951 e. The molecule has 102 valence electrons. The number of hydrogen-bond donors (Lipinski definition) is 1. The van der Waals surface area contributed by atoms with E-state index < -0.39 is 0 Å². The van der Waals surface area contributed by atoms with Crippen molar-refractivity contribution in [1.82, 2.24) is 9.88 Å². The van der Waals surface area contributed by atoms with E-state index in [-0.39, 0.29) is 11.6 Å². The molecule has 2 atom stereocenters. The van der Waals surface area contributed by atoms with Gasteiger partial charge in [-0.1, -0.05) is 13.3 Å². The number of aliphatic hydroxyl groups is 1. The predicted molar refractivity (Wildman–Crippen MR) is 75.9 cm³/mol. The Kier molecular flexibility index (Phi) is 4.76. The number of nitrogens with zero attached hydrogens (tertiary/aromatic N) is 2. The first kappa shape index (κ1) is 14.0. The maximum Gasteiger partial charge on any atom is 0.0951 e. The summed E-state index contributed by atoms with van der Waals surface area (Å²) in [5.41, 5.74) is -0.105. The minimum absolute atomic E-state index is 0.105. The highest BCUT2D eigenvalue weighted by molar-refractivity contribution is 7.09. The van der Waals surface area contributed by atoms with Crippen molar-refractivity contribution in [3.63, 3.8) is 0 Å². The van der Waals surface area contributed by atoms with Crippen LogP contribution in [0.4, 0.5) is 0 Å². The standard InChI is InChI=1S/C14H24N2OS/c1-3-14(2,16-8-5-4-6-9-16)12(17)11-13-15-7-10-18-13/h7,10,12,17H,3-6,8-9,11H2,1-2H3. The SMILES string of the molecule is CCC(C)(C(O)Cc1nccs1)N1CCCCC1. The van der Waals surface area contributed by atoms with Crippen LogP contribution in [0.25, 0.3) is 0 Å². The lowest BCUT2D eigenvalue weighted by molar-refractivity contribution is -0.0328. The summed E-state index contributed by atoms with van der Waals surface area (Å²) in [6, 6.07) is 0. The van der Waals surface area contributed by atoms with E-state index in [4.69, 9.17) is 0 Å². The number of aromatic nitrogens is 1. The lowest BCUT2D eigenvalue weighted by atomic mass is 9.86. The summed E-state index contributed by atoms with van der Waals surface area (Å²) in [4.78, 5) is 6.77. The molecule has 0 bridgehead atoms. The molecule has 3 nitrogen and oxygen atoms in total. The van der Waals surface area contributed by atoms with Gasteiger partial charge >= 0.3 is 0 Å². The first-order chi connectivity index (χ1) is 8.66. The maximum atomic E-state index is 10.6. The van der Waals surface area contributed by atoms with E-state index in [2.05, 4.69) is 23.7 Å². The topological polar surface area (TPSA) is 36.4 Å². The van der Waals surface area contributed by atoms with Crippen molar-refractivity contribution in [3.05, 3.63) is 16.6 Å². The Morgan fingerprint density at radius 3 is 2.72 bits per heavy atom. The molecular weight excluding hydrogens is 244 g/mol. The van der Waals surface area contributed by atoms with Crippen molar-refractivity contribution < 1.29 is 5.11 Å². The van der Waals surface area contributed by atoms with Gasteiger partial charge in [0.25, 0.3) is 0 Å². The highest BCUT2D eigenvalue weighted by atomic mass is 32.1. The third-order valence-corrected chi connectivity index (χ3v) is 5.17. The number of rotatable bonds is 5. The van der Waals surface area contributed by atoms with Crippen LogP contribution >= 0.6 is 11.3 Å².